The summed E-state index contributed by atoms with van der Waals surface area (Å²) < 4.78 is 19.4. The van der Waals surface area contributed by atoms with Gasteiger partial charge in [0, 0.05) is 7.11 Å². The molecular formula is C11H20O6. The van der Waals surface area contributed by atoms with E-state index in [1.807, 2.05) is 0 Å². The molecule has 0 aromatic heterocycles. The normalized spacial score (nSPS) is 14.1. The summed E-state index contributed by atoms with van der Waals surface area (Å²) in [4.78, 5) is 11.1. The summed E-state index contributed by atoms with van der Waals surface area (Å²) >= 11 is 0. The van der Waals surface area contributed by atoms with Crippen LogP contribution >= 0.6 is 0 Å². The first-order valence-electron chi connectivity index (χ1n) is 5.18. The molecule has 0 saturated heterocycles. The van der Waals surface area contributed by atoms with E-state index in [1.165, 1.54) is 7.11 Å². The van der Waals surface area contributed by atoms with Gasteiger partial charge in [-0.05, 0) is 6.92 Å². The molecule has 2 atom stereocenters. The van der Waals surface area contributed by atoms with Gasteiger partial charge < -0.3 is 24.1 Å². The van der Waals surface area contributed by atoms with Crippen LogP contribution in [0.1, 0.15) is 6.92 Å². The predicted octanol–water partition coefficient (Wildman–Crippen LogP) is 0.102. The number of hydrogen-bond acceptors (Lipinski definition) is 6. The zero-order valence-corrected chi connectivity index (χ0v) is 10.5. The molecule has 0 saturated carbocycles. The van der Waals surface area contributed by atoms with Gasteiger partial charge >= 0.3 is 5.97 Å². The lowest BCUT2D eigenvalue weighted by atomic mass is 10.1. The molecule has 0 fully saturated rings. The van der Waals surface area contributed by atoms with Crippen LogP contribution in [0.5, 0.6) is 0 Å². The molecule has 0 spiro atoms. The standard InChI is InChI=1S/C11H20O6/c1-8(11(13)15-4)10(12)9(2)17-7-16-6-5-14-3/h9-10,12H,1,5-7H2,2-4H3. The third-order valence-corrected chi connectivity index (χ3v) is 2.10. The van der Waals surface area contributed by atoms with Gasteiger partial charge in [-0.25, -0.2) is 4.79 Å². The molecule has 0 bridgehead atoms. The highest BCUT2D eigenvalue weighted by Gasteiger charge is 2.23. The number of aliphatic hydroxyl groups is 1. The van der Waals surface area contributed by atoms with Crippen molar-refractivity contribution in [1.29, 1.82) is 0 Å². The van der Waals surface area contributed by atoms with Crippen molar-refractivity contribution in [2.24, 2.45) is 0 Å². The minimum Gasteiger partial charge on any atom is -0.466 e. The van der Waals surface area contributed by atoms with Crippen LogP contribution in [-0.4, -0.2) is 57.5 Å². The summed E-state index contributed by atoms with van der Waals surface area (Å²) in [6, 6.07) is 0. The van der Waals surface area contributed by atoms with Crippen LogP contribution in [-0.2, 0) is 23.7 Å². The summed E-state index contributed by atoms with van der Waals surface area (Å²) in [5.41, 5.74) is -0.0445. The van der Waals surface area contributed by atoms with Crippen LogP contribution < -0.4 is 0 Å². The second-order valence-corrected chi connectivity index (χ2v) is 3.35. The second kappa shape index (κ2) is 9.12. The Balaban J connectivity index is 3.85. The molecule has 0 aromatic rings. The maximum absolute atomic E-state index is 11.1. The van der Waals surface area contributed by atoms with Gasteiger partial charge in [-0.1, -0.05) is 6.58 Å². The third-order valence-electron chi connectivity index (χ3n) is 2.10. The number of rotatable bonds is 9. The Morgan fingerprint density at radius 1 is 1.35 bits per heavy atom. The average molecular weight is 248 g/mol. The topological polar surface area (TPSA) is 74.2 Å². The first-order chi connectivity index (χ1) is 8.04. The molecule has 0 aliphatic carbocycles. The van der Waals surface area contributed by atoms with Crippen molar-refractivity contribution >= 4 is 5.97 Å². The monoisotopic (exact) mass is 248 g/mol. The first kappa shape index (κ1) is 16.1. The first-order valence-corrected chi connectivity index (χ1v) is 5.18. The summed E-state index contributed by atoms with van der Waals surface area (Å²) in [5, 5.41) is 9.68. The van der Waals surface area contributed by atoms with Crippen LogP contribution in [0.15, 0.2) is 12.2 Å². The molecule has 2 unspecified atom stereocenters. The smallest absolute Gasteiger partial charge is 0.335 e. The van der Waals surface area contributed by atoms with Gasteiger partial charge in [-0.3, -0.25) is 0 Å². The van der Waals surface area contributed by atoms with E-state index in [1.54, 1.807) is 14.0 Å². The Kier molecular flexibility index (Phi) is 8.61. The maximum Gasteiger partial charge on any atom is 0.335 e. The van der Waals surface area contributed by atoms with Crippen molar-refractivity contribution in [1.82, 2.24) is 0 Å². The summed E-state index contributed by atoms with van der Waals surface area (Å²) in [7, 11) is 2.79. The molecule has 0 amide bonds. The zero-order valence-electron chi connectivity index (χ0n) is 10.5. The van der Waals surface area contributed by atoms with Crippen LogP contribution in [0.25, 0.3) is 0 Å². The van der Waals surface area contributed by atoms with Gasteiger partial charge in [0.05, 0.1) is 32.0 Å². The molecule has 0 aliphatic rings. The number of aliphatic hydroxyl groups excluding tert-OH is 1. The summed E-state index contributed by atoms with van der Waals surface area (Å²) in [6.45, 7) is 5.93. The van der Waals surface area contributed by atoms with E-state index in [-0.39, 0.29) is 12.4 Å². The molecule has 17 heavy (non-hydrogen) atoms. The van der Waals surface area contributed by atoms with E-state index in [4.69, 9.17) is 14.2 Å². The largest absolute Gasteiger partial charge is 0.466 e. The fourth-order valence-electron chi connectivity index (χ4n) is 0.983. The molecule has 1 N–H and O–H groups in total. The van der Waals surface area contributed by atoms with E-state index in [9.17, 15) is 9.90 Å². The predicted molar refractivity (Wildman–Crippen MR) is 60.4 cm³/mol. The number of carbonyl (C=O) groups excluding carboxylic acids is 1. The maximum atomic E-state index is 11.1. The number of methoxy groups -OCH3 is 2. The zero-order chi connectivity index (χ0) is 13.3. The van der Waals surface area contributed by atoms with Gasteiger partial charge in [0.25, 0.3) is 0 Å². The van der Waals surface area contributed by atoms with E-state index >= 15 is 0 Å². The second-order valence-electron chi connectivity index (χ2n) is 3.35. The van der Waals surface area contributed by atoms with Crippen LogP contribution in [0.2, 0.25) is 0 Å². The molecule has 0 radical (unpaired) electrons. The fraction of sp³-hybridized carbons (Fsp3) is 0.727. The van der Waals surface area contributed by atoms with E-state index in [0.717, 1.165) is 0 Å². The molecule has 0 rings (SSSR count). The van der Waals surface area contributed by atoms with Crippen molar-refractivity contribution in [3.05, 3.63) is 12.2 Å². The molecular weight excluding hydrogens is 228 g/mol. The van der Waals surface area contributed by atoms with Crippen molar-refractivity contribution < 1.29 is 28.8 Å². The van der Waals surface area contributed by atoms with Crippen LogP contribution in [0, 0.1) is 0 Å². The molecule has 0 aliphatic heterocycles. The lowest BCUT2D eigenvalue weighted by Gasteiger charge is -2.20. The number of ether oxygens (including phenoxy) is 4. The molecule has 100 valence electrons. The summed E-state index contributed by atoms with van der Waals surface area (Å²) in [6.07, 6.45) is -1.72. The van der Waals surface area contributed by atoms with E-state index < -0.39 is 18.2 Å². The van der Waals surface area contributed by atoms with Gasteiger partial charge in [0.1, 0.15) is 12.9 Å². The lowest BCUT2D eigenvalue weighted by Crippen LogP contribution is -2.32. The van der Waals surface area contributed by atoms with Gasteiger partial charge in [-0.2, -0.15) is 0 Å². The number of esters is 1. The number of hydrogen-bond donors (Lipinski definition) is 1. The minimum absolute atomic E-state index is 0.00996. The summed E-state index contributed by atoms with van der Waals surface area (Å²) in [5.74, 6) is -0.659. The van der Waals surface area contributed by atoms with E-state index in [0.29, 0.717) is 13.2 Å². The molecule has 0 aromatic carbocycles. The van der Waals surface area contributed by atoms with Crippen molar-refractivity contribution in [2.75, 3.05) is 34.2 Å². The Bertz CT molecular complexity index is 240. The van der Waals surface area contributed by atoms with Gasteiger partial charge in [0.2, 0.25) is 0 Å². The SMILES string of the molecule is C=C(C(=O)OC)C(O)C(C)OCOCCOC. The highest BCUT2D eigenvalue weighted by molar-refractivity contribution is 5.88. The Morgan fingerprint density at radius 2 is 2.00 bits per heavy atom. The quantitative estimate of drug-likeness (QED) is 0.270. The fourth-order valence-corrected chi connectivity index (χ4v) is 0.983. The van der Waals surface area contributed by atoms with E-state index in [2.05, 4.69) is 11.3 Å². The minimum atomic E-state index is -1.12. The Hall–Kier alpha value is -0.950. The third kappa shape index (κ3) is 6.38. The number of carbonyl (C=O) groups is 1. The van der Waals surface area contributed by atoms with Crippen molar-refractivity contribution in [2.45, 2.75) is 19.1 Å². The highest BCUT2D eigenvalue weighted by Crippen LogP contribution is 2.09. The lowest BCUT2D eigenvalue weighted by molar-refractivity contribution is -0.141. The van der Waals surface area contributed by atoms with Crippen molar-refractivity contribution in [3.63, 3.8) is 0 Å². The van der Waals surface area contributed by atoms with Gasteiger partial charge in [0.15, 0.2) is 0 Å². The Morgan fingerprint density at radius 3 is 2.53 bits per heavy atom. The molecule has 6 nitrogen and oxygen atoms in total. The molecule has 6 heteroatoms. The molecule has 0 heterocycles. The average Bonchev–Trinajstić information content (AvgIpc) is 2.35. The Labute approximate surface area is 101 Å². The van der Waals surface area contributed by atoms with Crippen LogP contribution in [0.4, 0.5) is 0 Å². The van der Waals surface area contributed by atoms with Crippen LogP contribution in [0.3, 0.4) is 0 Å². The van der Waals surface area contributed by atoms with Gasteiger partial charge in [-0.15, -0.1) is 0 Å². The highest BCUT2D eigenvalue weighted by atomic mass is 16.7. The van der Waals surface area contributed by atoms with Crippen molar-refractivity contribution in [3.8, 4) is 0 Å².